The summed E-state index contributed by atoms with van der Waals surface area (Å²) < 4.78 is 7.04. The summed E-state index contributed by atoms with van der Waals surface area (Å²) in [7, 11) is 1.37. The Bertz CT molecular complexity index is 1810. The zero-order valence-electron chi connectivity index (χ0n) is 22.6. The highest BCUT2D eigenvalue weighted by molar-refractivity contribution is 6.37. The van der Waals surface area contributed by atoms with Gasteiger partial charge in [-0.2, -0.15) is 0 Å². The molecule has 1 aliphatic rings. The number of imidazole rings is 1. The average molecular weight is 564 g/mol. The second-order valence-electron chi connectivity index (χ2n) is 9.88. The molecule has 1 aromatic heterocycles. The van der Waals surface area contributed by atoms with Crippen LogP contribution in [0.15, 0.2) is 84.9 Å². The number of halogens is 1. The molecule has 0 N–H and O–H groups in total. The Balaban J connectivity index is 1.39. The summed E-state index contributed by atoms with van der Waals surface area (Å²) >= 11 is 6.71. The SMILES string of the molecule is CCCc1nc2c(Cl)cc(N3C(=O)c4ccccc4C3=O)cc2n1Cc1ccc(-c2ccccc2C(=O)OC)cc1. The number of esters is 1. The summed E-state index contributed by atoms with van der Waals surface area (Å²) in [6.07, 6.45) is 1.62. The second-order valence-corrected chi connectivity index (χ2v) is 10.3. The predicted octanol–water partition coefficient (Wildman–Crippen LogP) is 6.94. The van der Waals surface area contributed by atoms with E-state index in [4.69, 9.17) is 21.3 Å². The van der Waals surface area contributed by atoms with Crippen LogP contribution in [0, 0.1) is 0 Å². The Labute approximate surface area is 241 Å². The van der Waals surface area contributed by atoms with Gasteiger partial charge in [0.2, 0.25) is 0 Å². The summed E-state index contributed by atoms with van der Waals surface area (Å²) in [6.45, 7) is 2.59. The molecule has 4 aromatic carbocycles. The lowest BCUT2D eigenvalue weighted by molar-refractivity contribution is 0.0601. The van der Waals surface area contributed by atoms with E-state index in [1.807, 2.05) is 48.5 Å². The van der Waals surface area contributed by atoms with Crippen molar-refractivity contribution in [1.29, 1.82) is 0 Å². The van der Waals surface area contributed by atoms with Crippen molar-refractivity contribution < 1.29 is 19.1 Å². The number of amides is 2. The highest BCUT2D eigenvalue weighted by Crippen LogP contribution is 2.35. The molecule has 0 spiro atoms. The van der Waals surface area contributed by atoms with E-state index in [2.05, 4.69) is 11.5 Å². The average Bonchev–Trinajstić information content (AvgIpc) is 3.47. The van der Waals surface area contributed by atoms with E-state index in [1.165, 1.54) is 12.0 Å². The first-order valence-corrected chi connectivity index (χ1v) is 13.7. The molecular formula is C33H26ClN3O4. The van der Waals surface area contributed by atoms with E-state index in [0.29, 0.717) is 39.5 Å². The third-order valence-corrected chi connectivity index (χ3v) is 7.62. The Hall–Kier alpha value is -4.75. The summed E-state index contributed by atoms with van der Waals surface area (Å²) in [5.41, 5.74) is 5.75. The van der Waals surface area contributed by atoms with Crippen molar-refractivity contribution in [2.45, 2.75) is 26.3 Å². The first kappa shape index (κ1) is 26.5. The van der Waals surface area contributed by atoms with E-state index in [9.17, 15) is 14.4 Å². The number of aromatic nitrogens is 2. The highest BCUT2D eigenvalue weighted by Gasteiger charge is 2.37. The molecule has 6 rings (SSSR count). The topological polar surface area (TPSA) is 81.5 Å². The number of anilines is 1. The van der Waals surface area contributed by atoms with Gasteiger partial charge in [0.1, 0.15) is 11.3 Å². The van der Waals surface area contributed by atoms with Gasteiger partial charge in [0.05, 0.1) is 40.0 Å². The molecule has 7 nitrogen and oxygen atoms in total. The first-order valence-electron chi connectivity index (χ1n) is 13.3. The van der Waals surface area contributed by atoms with E-state index < -0.39 is 0 Å². The van der Waals surface area contributed by atoms with Crippen molar-refractivity contribution in [3.63, 3.8) is 0 Å². The molecule has 2 heterocycles. The van der Waals surface area contributed by atoms with Crippen LogP contribution in [0.5, 0.6) is 0 Å². The Morgan fingerprint density at radius 2 is 1.51 bits per heavy atom. The van der Waals surface area contributed by atoms with Crippen LogP contribution in [0.2, 0.25) is 5.02 Å². The van der Waals surface area contributed by atoms with Crippen molar-refractivity contribution in [1.82, 2.24) is 9.55 Å². The molecule has 0 radical (unpaired) electrons. The minimum atomic E-state index is -0.385. The van der Waals surface area contributed by atoms with Crippen molar-refractivity contribution in [2.75, 3.05) is 12.0 Å². The third-order valence-electron chi connectivity index (χ3n) is 7.34. The van der Waals surface area contributed by atoms with Crippen LogP contribution in [-0.4, -0.2) is 34.4 Å². The zero-order valence-corrected chi connectivity index (χ0v) is 23.3. The number of ether oxygens (including phenoxy) is 1. The predicted molar refractivity (Wildman–Crippen MR) is 159 cm³/mol. The second kappa shape index (κ2) is 10.7. The van der Waals surface area contributed by atoms with Gasteiger partial charge in [-0.3, -0.25) is 9.59 Å². The van der Waals surface area contributed by atoms with Gasteiger partial charge in [0, 0.05) is 13.0 Å². The maximum absolute atomic E-state index is 13.2. The number of hydrogen-bond acceptors (Lipinski definition) is 5. The fourth-order valence-electron chi connectivity index (χ4n) is 5.35. The molecular weight excluding hydrogens is 538 g/mol. The summed E-state index contributed by atoms with van der Waals surface area (Å²) in [5, 5.41) is 0.375. The number of rotatable bonds is 7. The number of nitrogens with zero attached hydrogens (tertiary/aromatic N) is 3. The number of imide groups is 1. The monoisotopic (exact) mass is 563 g/mol. The molecule has 0 saturated heterocycles. The molecule has 5 aromatic rings. The van der Waals surface area contributed by atoms with Crippen molar-refractivity contribution in [2.24, 2.45) is 0 Å². The number of fused-ring (bicyclic) bond motifs is 2. The zero-order chi connectivity index (χ0) is 28.7. The smallest absolute Gasteiger partial charge is 0.338 e. The normalized spacial score (nSPS) is 12.7. The first-order chi connectivity index (χ1) is 19.9. The number of benzene rings is 4. The molecule has 41 heavy (non-hydrogen) atoms. The van der Waals surface area contributed by atoms with Crippen LogP contribution in [0.4, 0.5) is 5.69 Å². The van der Waals surface area contributed by atoms with Gasteiger partial charge in [0.15, 0.2) is 0 Å². The van der Waals surface area contributed by atoms with Crippen LogP contribution >= 0.6 is 11.6 Å². The van der Waals surface area contributed by atoms with Gasteiger partial charge in [-0.25, -0.2) is 14.7 Å². The lowest BCUT2D eigenvalue weighted by Gasteiger charge is -2.16. The molecule has 0 aliphatic carbocycles. The number of methoxy groups -OCH3 is 1. The fourth-order valence-corrected chi connectivity index (χ4v) is 5.61. The Morgan fingerprint density at radius 3 is 2.15 bits per heavy atom. The summed E-state index contributed by atoms with van der Waals surface area (Å²) in [6, 6.07) is 25.6. The van der Waals surface area contributed by atoms with Gasteiger partial charge in [-0.15, -0.1) is 0 Å². The van der Waals surface area contributed by atoms with E-state index in [-0.39, 0.29) is 17.8 Å². The largest absolute Gasteiger partial charge is 0.465 e. The van der Waals surface area contributed by atoms with Crippen LogP contribution in [-0.2, 0) is 17.7 Å². The molecule has 1 aliphatic heterocycles. The highest BCUT2D eigenvalue weighted by atomic mass is 35.5. The van der Waals surface area contributed by atoms with Crippen molar-refractivity contribution in [3.8, 4) is 11.1 Å². The molecule has 8 heteroatoms. The molecule has 0 fully saturated rings. The van der Waals surface area contributed by atoms with Gasteiger partial charge >= 0.3 is 5.97 Å². The minimum Gasteiger partial charge on any atom is -0.465 e. The quantitative estimate of drug-likeness (QED) is 0.158. The van der Waals surface area contributed by atoms with Gasteiger partial charge in [0.25, 0.3) is 11.8 Å². The maximum atomic E-state index is 13.2. The molecule has 2 amide bonds. The maximum Gasteiger partial charge on any atom is 0.338 e. The number of carbonyl (C=O) groups excluding carboxylic acids is 3. The number of aryl methyl sites for hydroxylation is 1. The lowest BCUT2D eigenvalue weighted by Crippen LogP contribution is -2.29. The van der Waals surface area contributed by atoms with E-state index >= 15 is 0 Å². The summed E-state index contributed by atoms with van der Waals surface area (Å²) in [4.78, 5) is 44.7. The van der Waals surface area contributed by atoms with Gasteiger partial charge in [-0.1, -0.05) is 73.1 Å². The van der Waals surface area contributed by atoms with E-state index in [1.54, 1.807) is 36.4 Å². The Kier molecular flexibility index (Phi) is 6.89. The molecule has 0 unspecified atom stereocenters. The minimum absolute atomic E-state index is 0.372. The van der Waals surface area contributed by atoms with Crippen molar-refractivity contribution in [3.05, 3.63) is 118 Å². The van der Waals surface area contributed by atoms with Gasteiger partial charge < -0.3 is 9.30 Å². The lowest BCUT2D eigenvalue weighted by atomic mass is 9.98. The van der Waals surface area contributed by atoms with Gasteiger partial charge in [-0.05, 0) is 53.4 Å². The van der Waals surface area contributed by atoms with Crippen LogP contribution < -0.4 is 4.90 Å². The van der Waals surface area contributed by atoms with Crippen molar-refractivity contribution >= 4 is 46.1 Å². The third kappa shape index (κ3) is 4.58. The molecule has 0 bridgehead atoms. The molecule has 0 saturated carbocycles. The van der Waals surface area contributed by atoms with Crippen LogP contribution in [0.1, 0.15) is 55.8 Å². The Morgan fingerprint density at radius 1 is 0.878 bits per heavy atom. The van der Waals surface area contributed by atoms with E-state index in [0.717, 1.165) is 40.9 Å². The standard InChI is InChI=1S/C33H26ClN3O4/c1-3-8-29-35-30-27(34)17-22(37-31(38)24-10-5-6-11-25(24)32(37)39)18-28(30)36(29)19-20-13-15-21(16-14-20)23-9-4-7-12-26(23)33(40)41-2/h4-7,9-18H,3,8,19H2,1-2H3. The summed E-state index contributed by atoms with van der Waals surface area (Å²) in [5.74, 6) is -0.263. The van der Waals surface area contributed by atoms with Crippen LogP contribution in [0.3, 0.4) is 0 Å². The molecule has 0 atom stereocenters. The number of carbonyl (C=O) groups is 3. The van der Waals surface area contributed by atoms with Crippen LogP contribution in [0.25, 0.3) is 22.2 Å². The number of hydrogen-bond donors (Lipinski definition) is 0. The molecule has 204 valence electrons. The fraction of sp³-hybridized carbons (Fsp3) is 0.152.